The molecular weight excluding hydrogens is 407 g/mol. The summed E-state index contributed by atoms with van der Waals surface area (Å²) < 4.78 is 5.83. The minimum Gasteiger partial charge on any atom is -0.462 e. The van der Waals surface area contributed by atoms with E-state index < -0.39 is 0 Å². The minimum atomic E-state index is 0. The summed E-state index contributed by atoms with van der Waals surface area (Å²) in [5.41, 5.74) is 7.54. The molecule has 0 atom stereocenters. The van der Waals surface area contributed by atoms with Crippen LogP contribution in [0.2, 0.25) is 0 Å². The van der Waals surface area contributed by atoms with Gasteiger partial charge in [-0.15, -0.1) is 0 Å². The van der Waals surface area contributed by atoms with Crippen molar-refractivity contribution in [2.75, 3.05) is 0 Å². The zero-order chi connectivity index (χ0) is 17.7. The Labute approximate surface area is 178 Å². The number of hydrogen-bond acceptors (Lipinski definition) is 1. The summed E-state index contributed by atoms with van der Waals surface area (Å²) in [6.07, 6.45) is 4.47. The van der Waals surface area contributed by atoms with Crippen molar-refractivity contribution in [1.29, 1.82) is 0 Å². The number of furan rings is 1. The quantitative estimate of drug-likeness (QED) is 0.343. The fraction of sp³-hybridized carbons (Fsp3) is 0.0800. The smallest absolute Gasteiger partial charge is 0.130 e. The first-order valence-corrected chi connectivity index (χ1v) is 8.95. The third kappa shape index (κ3) is 3.17. The van der Waals surface area contributed by atoms with E-state index in [1.54, 1.807) is 0 Å². The number of benzene rings is 3. The summed E-state index contributed by atoms with van der Waals surface area (Å²) in [7, 11) is 0. The van der Waals surface area contributed by atoms with Crippen LogP contribution in [-0.4, -0.2) is 0 Å². The van der Waals surface area contributed by atoms with Crippen LogP contribution in [0.5, 0.6) is 0 Å². The predicted octanol–water partition coefficient (Wildman–Crippen LogP) is 6.82. The molecule has 0 aliphatic heterocycles. The maximum Gasteiger partial charge on any atom is 0.130 e. The molecule has 0 N–H and O–H groups in total. The Morgan fingerprint density at radius 3 is 2.37 bits per heavy atom. The molecule has 1 radical (unpaired) electrons. The summed E-state index contributed by atoms with van der Waals surface area (Å²) in [6.45, 7) is 4.17. The van der Waals surface area contributed by atoms with E-state index in [2.05, 4.69) is 74.0 Å². The van der Waals surface area contributed by atoms with Crippen LogP contribution in [0.3, 0.4) is 0 Å². The van der Waals surface area contributed by atoms with Gasteiger partial charge in [0, 0.05) is 38.2 Å². The average Bonchev–Trinajstić information content (AvgIpc) is 3.27. The monoisotopic (exact) mass is 425 g/mol. The van der Waals surface area contributed by atoms with Crippen LogP contribution in [0.15, 0.2) is 71.1 Å². The molecule has 0 unspecified atom stereocenters. The number of hydrogen-bond donors (Lipinski definition) is 0. The van der Waals surface area contributed by atoms with Crippen LogP contribution in [0, 0.1) is 20.3 Å². The molecule has 0 saturated carbocycles. The normalized spacial score (nSPS) is 12.6. The van der Waals surface area contributed by atoms with Crippen molar-refractivity contribution in [1.82, 2.24) is 0 Å². The van der Waals surface area contributed by atoms with E-state index in [4.69, 9.17) is 4.42 Å². The molecule has 4 aromatic rings. The molecule has 5 rings (SSSR count). The summed E-state index contributed by atoms with van der Waals surface area (Å²) in [5.74, 6) is 1.87. The van der Waals surface area contributed by atoms with Crippen molar-refractivity contribution >= 4 is 22.4 Å². The molecule has 3 aromatic carbocycles. The first-order chi connectivity index (χ1) is 12.7. The van der Waals surface area contributed by atoms with Gasteiger partial charge < -0.3 is 4.42 Å². The standard InChI is InChI=1S/C25H19O.Zr/c1-16-7-9-20-14-22(24-12-8-17(2)26-24)15-23(20)25(16)21-11-10-18-5-3-4-6-19(18)13-21;/h3-15H,1-2H3;. The Kier molecular flexibility index (Phi) is 4.78. The van der Waals surface area contributed by atoms with Gasteiger partial charge in [-0.25, -0.2) is 0 Å². The van der Waals surface area contributed by atoms with Crippen molar-refractivity contribution in [2.24, 2.45) is 0 Å². The number of aryl methyl sites for hydroxylation is 2. The van der Waals surface area contributed by atoms with Crippen molar-refractivity contribution < 1.29 is 30.6 Å². The zero-order valence-electron chi connectivity index (χ0n) is 15.4. The Bertz CT molecular complexity index is 1180. The predicted molar refractivity (Wildman–Crippen MR) is 109 cm³/mol. The Morgan fingerprint density at radius 2 is 1.59 bits per heavy atom. The molecule has 27 heavy (non-hydrogen) atoms. The van der Waals surface area contributed by atoms with E-state index in [0.717, 1.165) is 17.1 Å². The first kappa shape index (κ1) is 18.2. The van der Waals surface area contributed by atoms with Crippen molar-refractivity contribution in [3.63, 3.8) is 0 Å². The van der Waals surface area contributed by atoms with Crippen molar-refractivity contribution in [3.8, 4) is 11.1 Å². The third-order valence-electron chi connectivity index (χ3n) is 5.16. The largest absolute Gasteiger partial charge is 0.462 e. The molecule has 1 nitrogen and oxygen atoms in total. The molecule has 129 valence electrons. The second kappa shape index (κ2) is 7.09. The molecule has 0 fully saturated rings. The molecule has 2 heteroatoms. The van der Waals surface area contributed by atoms with Gasteiger partial charge in [-0.2, -0.15) is 0 Å². The Balaban J connectivity index is 0.00000180. The second-order valence-corrected chi connectivity index (χ2v) is 6.98. The molecule has 1 aliphatic rings. The molecule has 0 bridgehead atoms. The van der Waals surface area contributed by atoms with Crippen molar-refractivity contribution in [3.05, 3.63) is 101 Å². The molecule has 1 aliphatic carbocycles. The van der Waals surface area contributed by atoms with E-state index in [-0.39, 0.29) is 26.2 Å². The second-order valence-electron chi connectivity index (χ2n) is 6.98. The molecule has 0 spiro atoms. The van der Waals surface area contributed by atoms with Gasteiger partial charge in [0.1, 0.15) is 11.5 Å². The van der Waals surface area contributed by atoms with Crippen LogP contribution >= 0.6 is 0 Å². The number of rotatable bonds is 2. The van der Waals surface area contributed by atoms with E-state index in [9.17, 15) is 0 Å². The SMILES string of the molecule is Cc1ccc(C2=Cc3c(ccc(C)c3-c3ccc4ccccc4c3)[CH]2)o1.[Zr]. The van der Waals surface area contributed by atoms with Gasteiger partial charge in [-0.1, -0.05) is 48.5 Å². The third-order valence-corrected chi connectivity index (χ3v) is 5.16. The van der Waals surface area contributed by atoms with Gasteiger partial charge in [0.2, 0.25) is 0 Å². The molecule has 0 amide bonds. The maximum absolute atomic E-state index is 5.83. The average molecular weight is 427 g/mol. The Hall–Kier alpha value is -2.18. The number of allylic oxidation sites excluding steroid dienone is 1. The maximum atomic E-state index is 5.83. The topological polar surface area (TPSA) is 13.1 Å². The van der Waals surface area contributed by atoms with Crippen LogP contribution < -0.4 is 0 Å². The summed E-state index contributed by atoms with van der Waals surface area (Å²) >= 11 is 0. The van der Waals surface area contributed by atoms with Crippen LogP contribution in [0.25, 0.3) is 33.5 Å². The van der Waals surface area contributed by atoms with Gasteiger partial charge in [0.25, 0.3) is 0 Å². The van der Waals surface area contributed by atoms with E-state index in [1.807, 2.05) is 19.1 Å². The molecule has 1 heterocycles. The van der Waals surface area contributed by atoms with Gasteiger partial charge in [0.05, 0.1) is 0 Å². The van der Waals surface area contributed by atoms with Gasteiger partial charge >= 0.3 is 0 Å². The Morgan fingerprint density at radius 1 is 0.778 bits per heavy atom. The molecular formula is C25H19OZr. The van der Waals surface area contributed by atoms with Gasteiger partial charge in [-0.05, 0) is 76.7 Å². The minimum absolute atomic E-state index is 0. The van der Waals surface area contributed by atoms with Crippen LogP contribution in [0.1, 0.15) is 28.2 Å². The molecule has 0 saturated heterocycles. The fourth-order valence-corrected chi connectivity index (χ4v) is 3.85. The van der Waals surface area contributed by atoms with Gasteiger partial charge in [-0.3, -0.25) is 0 Å². The van der Waals surface area contributed by atoms with E-state index in [1.165, 1.54) is 38.6 Å². The number of fused-ring (bicyclic) bond motifs is 2. The van der Waals surface area contributed by atoms with Crippen molar-refractivity contribution in [2.45, 2.75) is 13.8 Å². The zero-order valence-corrected chi connectivity index (χ0v) is 17.9. The molecule has 1 aromatic heterocycles. The first-order valence-electron chi connectivity index (χ1n) is 8.95. The summed E-state index contributed by atoms with van der Waals surface area (Å²) in [6, 6.07) is 23.7. The summed E-state index contributed by atoms with van der Waals surface area (Å²) in [5, 5.41) is 2.55. The fourth-order valence-electron chi connectivity index (χ4n) is 3.85. The van der Waals surface area contributed by atoms with Crippen LogP contribution in [-0.2, 0) is 26.2 Å². The summed E-state index contributed by atoms with van der Waals surface area (Å²) in [4.78, 5) is 0. The van der Waals surface area contributed by atoms with E-state index >= 15 is 0 Å². The van der Waals surface area contributed by atoms with E-state index in [0.29, 0.717) is 0 Å². The van der Waals surface area contributed by atoms with Gasteiger partial charge in [0.15, 0.2) is 0 Å². The van der Waals surface area contributed by atoms with Crippen LogP contribution in [0.4, 0.5) is 0 Å².